The van der Waals surface area contributed by atoms with Crippen LogP contribution < -0.4 is 16.4 Å². The van der Waals surface area contributed by atoms with Gasteiger partial charge in [0.1, 0.15) is 0 Å². The van der Waals surface area contributed by atoms with E-state index >= 15 is 0 Å². The Morgan fingerprint density at radius 1 is 1.27 bits per heavy atom. The minimum Gasteiger partial charge on any atom is -0.369 e. The van der Waals surface area contributed by atoms with Crippen molar-refractivity contribution in [1.82, 2.24) is 0 Å². The molecule has 0 saturated carbocycles. The molecule has 0 unspecified atom stereocenters. The Morgan fingerprint density at radius 2 is 1.87 bits per heavy atom. The van der Waals surface area contributed by atoms with Gasteiger partial charge in [0.15, 0.2) is 11.6 Å². The summed E-state index contributed by atoms with van der Waals surface area (Å²) in [6.07, 6.45) is 0. The minimum atomic E-state index is -1.15. The molecule has 0 aromatic heterocycles. The van der Waals surface area contributed by atoms with Gasteiger partial charge in [0.2, 0.25) is 5.96 Å². The van der Waals surface area contributed by atoms with E-state index < -0.39 is 23.6 Å². The summed E-state index contributed by atoms with van der Waals surface area (Å²) in [6, 6.07) is 1.57. The number of primary amides is 1. The number of carbonyl (C=O) groups is 1. The Kier molecular flexibility index (Phi) is 2.84. The number of nitrogens with one attached hydrogen (secondary N) is 1. The number of carbonyl (C=O) groups excluding carboxylic acids is 1. The summed E-state index contributed by atoms with van der Waals surface area (Å²) in [4.78, 5) is 11.4. The van der Waals surface area contributed by atoms with Gasteiger partial charge in [-0.05, 0) is 12.1 Å². The van der Waals surface area contributed by atoms with E-state index in [0.29, 0.717) is 4.90 Å². The lowest BCUT2D eigenvalue weighted by Crippen LogP contribution is -2.44. The zero-order valence-electron chi connectivity index (χ0n) is 7.50. The van der Waals surface area contributed by atoms with Crippen LogP contribution in [0.1, 0.15) is 0 Å². The molecule has 0 aliphatic carbocycles. The fourth-order valence-corrected chi connectivity index (χ4v) is 1.01. The van der Waals surface area contributed by atoms with Gasteiger partial charge in [-0.3, -0.25) is 5.41 Å². The number of benzene rings is 1. The number of guanidine groups is 1. The molecular formula is C8H8F2N4O. The summed E-state index contributed by atoms with van der Waals surface area (Å²) in [6.45, 7) is 0. The van der Waals surface area contributed by atoms with Crippen molar-refractivity contribution in [3.8, 4) is 0 Å². The lowest BCUT2D eigenvalue weighted by molar-refractivity contribution is 0.256. The van der Waals surface area contributed by atoms with Crippen LogP contribution in [-0.4, -0.2) is 12.0 Å². The summed E-state index contributed by atoms with van der Waals surface area (Å²) in [5, 5.41) is 7.03. The molecule has 80 valence electrons. The highest BCUT2D eigenvalue weighted by Crippen LogP contribution is 2.17. The molecule has 7 heteroatoms. The third-order valence-corrected chi connectivity index (χ3v) is 1.62. The molecule has 5 N–H and O–H groups in total. The van der Waals surface area contributed by atoms with Crippen molar-refractivity contribution in [2.24, 2.45) is 11.5 Å². The van der Waals surface area contributed by atoms with E-state index in [1.807, 2.05) is 0 Å². The maximum absolute atomic E-state index is 12.8. The molecule has 0 bridgehead atoms. The molecule has 15 heavy (non-hydrogen) atoms. The fourth-order valence-electron chi connectivity index (χ4n) is 1.01. The molecule has 0 heterocycles. The highest BCUT2D eigenvalue weighted by atomic mass is 19.2. The van der Waals surface area contributed by atoms with Crippen molar-refractivity contribution in [3.05, 3.63) is 29.8 Å². The van der Waals surface area contributed by atoms with Gasteiger partial charge < -0.3 is 11.5 Å². The smallest absolute Gasteiger partial charge is 0.326 e. The average Bonchev–Trinajstić information content (AvgIpc) is 2.10. The predicted octanol–water partition coefficient (Wildman–Crippen LogP) is 0.743. The molecule has 1 rings (SSSR count). The lowest BCUT2D eigenvalue weighted by Gasteiger charge is -2.17. The molecule has 0 radical (unpaired) electrons. The lowest BCUT2D eigenvalue weighted by atomic mass is 10.3. The topological polar surface area (TPSA) is 96.2 Å². The van der Waals surface area contributed by atoms with Crippen molar-refractivity contribution >= 4 is 17.7 Å². The first-order valence-electron chi connectivity index (χ1n) is 3.82. The van der Waals surface area contributed by atoms with Gasteiger partial charge in [-0.15, -0.1) is 0 Å². The summed E-state index contributed by atoms with van der Waals surface area (Å²) in [5.41, 5.74) is 9.85. The van der Waals surface area contributed by atoms with Crippen LogP contribution in [0.2, 0.25) is 0 Å². The van der Waals surface area contributed by atoms with Crippen LogP contribution in [0.25, 0.3) is 0 Å². The van der Waals surface area contributed by atoms with Crippen LogP contribution in [-0.2, 0) is 0 Å². The first-order valence-corrected chi connectivity index (χ1v) is 3.82. The third kappa shape index (κ3) is 2.19. The first kappa shape index (κ1) is 10.9. The Morgan fingerprint density at radius 3 is 2.27 bits per heavy atom. The van der Waals surface area contributed by atoms with Crippen LogP contribution in [0, 0.1) is 17.0 Å². The van der Waals surface area contributed by atoms with E-state index in [1.54, 1.807) is 0 Å². The quantitative estimate of drug-likeness (QED) is 0.475. The van der Waals surface area contributed by atoms with Crippen LogP contribution in [0.4, 0.5) is 19.3 Å². The normalized spacial score (nSPS) is 9.73. The van der Waals surface area contributed by atoms with Gasteiger partial charge in [0.05, 0.1) is 5.69 Å². The largest absolute Gasteiger partial charge is 0.369 e. The van der Waals surface area contributed by atoms with Gasteiger partial charge in [-0.25, -0.2) is 18.5 Å². The Hall–Kier alpha value is -2.18. The summed E-state index contributed by atoms with van der Waals surface area (Å²) in [7, 11) is 0. The van der Waals surface area contributed by atoms with Gasteiger partial charge in [0, 0.05) is 6.07 Å². The number of urea groups is 1. The van der Waals surface area contributed by atoms with Crippen molar-refractivity contribution in [2.45, 2.75) is 0 Å². The molecule has 1 aromatic rings. The van der Waals surface area contributed by atoms with E-state index in [-0.39, 0.29) is 5.69 Å². The number of halogens is 2. The SMILES string of the molecule is N=C(N)N(C(N)=O)c1ccc(F)c(F)c1. The van der Waals surface area contributed by atoms with Crippen LogP contribution in [0.3, 0.4) is 0 Å². The van der Waals surface area contributed by atoms with Crippen molar-refractivity contribution in [2.75, 3.05) is 4.90 Å². The number of rotatable bonds is 1. The molecule has 1 aromatic carbocycles. The second-order valence-electron chi connectivity index (χ2n) is 2.66. The molecule has 2 amide bonds. The van der Waals surface area contributed by atoms with Crippen molar-refractivity contribution in [1.29, 1.82) is 5.41 Å². The predicted molar refractivity (Wildman–Crippen MR) is 50.3 cm³/mol. The maximum Gasteiger partial charge on any atom is 0.326 e. The second kappa shape index (κ2) is 3.91. The monoisotopic (exact) mass is 214 g/mol. The van der Waals surface area contributed by atoms with Gasteiger partial charge in [-0.1, -0.05) is 0 Å². The first-order chi connectivity index (χ1) is 6.93. The molecule has 5 nitrogen and oxygen atoms in total. The standard InChI is InChI=1S/C8H8F2N4O/c9-5-2-1-4(3-6(5)10)14(7(11)12)8(13)15/h1-3H,(H3,11,12)(H2,13,15). The van der Waals surface area contributed by atoms with E-state index in [2.05, 4.69) is 0 Å². The van der Waals surface area contributed by atoms with Crippen LogP contribution >= 0.6 is 0 Å². The van der Waals surface area contributed by atoms with Gasteiger partial charge in [-0.2, -0.15) is 0 Å². The molecule has 0 fully saturated rings. The summed E-state index contributed by atoms with van der Waals surface area (Å²) in [5.74, 6) is -2.89. The van der Waals surface area contributed by atoms with Gasteiger partial charge in [0.25, 0.3) is 0 Å². The maximum atomic E-state index is 12.8. The minimum absolute atomic E-state index is 0.103. The van der Waals surface area contributed by atoms with Crippen molar-refractivity contribution in [3.63, 3.8) is 0 Å². The Balaban J connectivity index is 3.18. The number of nitrogens with two attached hydrogens (primary N) is 2. The Labute approximate surface area is 83.8 Å². The van der Waals surface area contributed by atoms with E-state index in [1.165, 1.54) is 0 Å². The van der Waals surface area contributed by atoms with Gasteiger partial charge >= 0.3 is 6.03 Å². The molecular weight excluding hydrogens is 206 g/mol. The molecule has 0 atom stereocenters. The molecule has 0 aliphatic rings. The molecule has 0 spiro atoms. The zero-order valence-corrected chi connectivity index (χ0v) is 7.50. The summed E-state index contributed by atoms with van der Waals surface area (Å²) < 4.78 is 25.4. The summed E-state index contributed by atoms with van der Waals surface area (Å²) >= 11 is 0. The molecule has 0 saturated heterocycles. The number of hydrogen-bond acceptors (Lipinski definition) is 2. The Bertz CT molecular complexity index is 407. The number of hydrogen-bond donors (Lipinski definition) is 3. The highest BCUT2D eigenvalue weighted by molar-refractivity contribution is 6.13. The zero-order chi connectivity index (χ0) is 11.6. The number of nitrogens with zero attached hydrogens (tertiary/aromatic N) is 1. The average molecular weight is 214 g/mol. The van der Waals surface area contributed by atoms with Crippen molar-refractivity contribution < 1.29 is 13.6 Å². The van der Waals surface area contributed by atoms with E-state index in [9.17, 15) is 13.6 Å². The fraction of sp³-hybridized carbons (Fsp3) is 0. The van der Waals surface area contributed by atoms with E-state index in [0.717, 1.165) is 18.2 Å². The second-order valence-corrected chi connectivity index (χ2v) is 2.66. The number of amides is 2. The number of anilines is 1. The van der Waals surface area contributed by atoms with Crippen LogP contribution in [0.5, 0.6) is 0 Å². The van der Waals surface area contributed by atoms with Crippen LogP contribution in [0.15, 0.2) is 18.2 Å². The highest BCUT2D eigenvalue weighted by Gasteiger charge is 2.16. The molecule has 0 aliphatic heterocycles. The third-order valence-electron chi connectivity index (χ3n) is 1.62. The van der Waals surface area contributed by atoms with E-state index in [4.69, 9.17) is 16.9 Å².